The third kappa shape index (κ3) is 8.77. The molecule has 0 aliphatic heterocycles. The molecule has 0 fully saturated rings. The molecule has 0 heterocycles. The molecule has 0 unspecified atom stereocenters. The van der Waals surface area contributed by atoms with Gasteiger partial charge in [-0.05, 0) is 18.6 Å². The van der Waals surface area contributed by atoms with E-state index in [2.05, 4.69) is 21.7 Å². The van der Waals surface area contributed by atoms with Crippen molar-refractivity contribution >= 4 is 12.1 Å². The van der Waals surface area contributed by atoms with E-state index in [0.717, 1.165) is 19.3 Å². The third-order valence-electron chi connectivity index (χ3n) is 4.35. The monoisotopic (exact) mass is 428 g/mol. The van der Waals surface area contributed by atoms with Crippen LogP contribution < -0.4 is 14.2 Å². The highest BCUT2D eigenvalue weighted by Gasteiger charge is 2.23. The highest BCUT2D eigenvalue weighted by molar-refractivity contribution is 5.93. The summed E-state index contributed by atoms with van der Waals surface area (Å²) in [4.78, 5) is 32.3. The Morgan fingerprint density at radius 1 is 0.767 bits per heavy atom. The lowest BCUT2D eigenvalue weighted by molar-refractivity contribution is -0.452. The van der Waals surface area contributed by atoms with Crippen LogP contribution in [0.5, 0.6) is 17.2 Å². The number of carbonyl (C=O) groups excluding carboxylic acids is 2. The largest absolute Gasteiger partial charge is 0.543 e. The summed E-state index contributed by atoms with van der Waals surface area (Å²) in [6, 6.07) is 2.89. The summed E-state index contributed by atoms with van der Waals surface area (Å²) in [5, 5.41) is 4.22. The summed E-state index contributed by atoms with van der Waals surface area (Å²) in [6.07, 6.45) is 7.90. The number of hydrogen-bond acceptors (Lipinski definition) is 9. The second-order valence-corrected chi connectivity index (χ2v) is 6.48. The van der Waals surface area contributed by atoms with Crippen LogP contribution in [0.4, 0.5) is 4.79 Å². The van der Waals surface area contributed by atoms with Crippen molar-refractivity contribution < 1.29 is 43.3 Å². The Morgan fingerprint density at radius 3 is 2.00 bits per heavy atom. The van der Waals surface area contributed by atoms with Gasteiger partial charge in [0.05, 0.1) is 33.0 Å². The Balaban J connectivity index is 2.29. The van der Waals surface area contributed by atoms with Crippen molar-refractivity contribution in [2.45, 2.75) is 58.3 Å². The van der Waals surface area contributed by atoms with E-state index < -0.39 is 12.1 Å². The average Bonchev–Trinajstić information content (AvgIpc) is 2.76. The van der Waals surface area contributed by atoms with Crippen LogP contribution in [0.3, 0.4) is 0 Å². The highest BCUT2D eigenvalue weighted by atomic mass is 17.5. The Labute approximate surface area is 177 Å². The fourth-order valence-electron chi connectivity index (χ4n) is 2.80. The van der Waals surface area contributed by atoms with E-state index in [4.69, 9.17) is 18.9 Å². The van der Waals surface area contributed by atoms with E-state index in [0.29, 0.717) is 5.75 Å². The van der Waals surface area contributed by atoms with Crippen LogP contribution in [0.15, 0.2) is 12.1 Å². The summed E-state index contributed by atoms with van der Waals surface area (Å²) < 4.78 is 20.3. The number of methoxy groups -OCH3 is 3. The smallest absolute Gasteiger partial charge is 0.493 e. The second-order valence-electron chi connectivity index (χ2n) is 6.48. The summed E-state index contributed by atoms with van der Waals surface area (Å²) in [5.74, 6) is -0.292. The molecule has 0 aromatic heterocycles. The third-order valence-corrected chi connectivity index (χ3v) is 4.35. The topological polar surface area (TPSA) is 98.8 Å². The van der Waals surface area contributed by atoms with Crippen molar-refractivity contribution in [3.63, 3.8) is 0 Å². The number of ether oxygens (including phenoxy) is 4. The summed E-state index contributed by atoms with van der Waals surface area (Å²) in [6.45, 7) is 2.39. The van der Waals surface area contributed by atoms with E-state index in [1.165, 1.54) is 65.6 Å². The van der Waals surface area contributed by atoms with Crippen molar-refractivity contribution in [3.8, 4) is 17.2 Å². The van der Waals surface area contributed by atoms with E-state index >= 15 is 0 Å². The van der Waals surface area contributed by atoms with Gasteiger partial charge in [0.2, 0.25) is 5.75 Å². The zero-order chi connectivity index (χ0) is 22.2. The fraction of sp³-hybridized carbons (Fsp3) is 0.619. The molecule has 0 saturated heterocycles. The molecule has 0 atom stereocenters. The minimum Gasteiger partial charge on any atom is -0.493 e. The maximum absolute atomic E-state index is 12.1. The van der Waals surface area contributed by atoms with Crippen molar-refractivity contribution in [2.24, 2.45) is 0 Å². The zero-order valence-corrected chi connectivity index (χ0v) is 18.2. The summed E-state index contributed by atoms with van der Waals surface area (Å²) >= 11 is 0. The number of carbonyl (C=O) groups is 2. The predicted molar refractivity (Wildman–Crippen MR) is 108 cm³/mol. The van der Waals surface area contributed by atoms with Crippen LogP contribution in [-0.2, 0) is 19.6 Å². The Hall–Kier alpha value is -2.68. The number of benzene rings is 1. The van der Waals surface area contributed by atoms with Crippen molar-refractivity contribution in [1.82, 2.24) is 0 Å². The molecule has 0 saturated carbocycles. The van der Waals surface area contributed by atoms with Gasteiger partial charge in [-0.2, -0.15) is 0 Å². The molecule has 1 aromatic carbocycles. The molecule has 0 amide bonds. The molecule has 0 bridgehead atoms. The van der Waals surface area contributed by atoms with E-state index in [1.54, 1.807) is 0 Å². The fourth-order valence-corrected chi connectivity index (χ4v) is 2.80. The molecule has 9 heteroatoms. The number of unbranched alkanes of at least 4 members (excludes halogenated alkanes) is 7. The molecule has 1 aromatic rings. The minimum atomic E-state index is -1.09. The molecular formula is C21H32O9. The van der Waals surface area contributed by atoms with Crippen LogP contribution in [0.25, 0.3) is 0 Å². The average molecular weight is 428 g/mol. The Morgan fingerprint density at radius 2 is 1.40 bits per heavy atom. The number of rotatable bonds is 15. The van der Waals surface area contributed by atoms with E-state index in [1.807, 2.05) is 0 Å². The normalized spacial score (nSPS) is 10.3. The molecule has 0 radical (unpaired) electrons. The predicted octanol–water partition coefficient (Wildman–Crippen LogP) is 5.01. The van der Waals surface area contributed by atoms with Crippen LogP contribution in [0, 0.1) is 0 Å². The van der Waals surface area contributed by atoms with Crippen LogP contribution in [-0.4, -0.2) is 40.1 Å². The first-order chi connectivity index (χ1) is 14.6. The first-order valence-corrected chi connectivity index (χ1v) is 10.1. The standard InChI is InChI=1S/C21H32O9/c1-5-6-7-8-9-10-11-12-15-27-21(23)29-30-28-20(22)16-13-14-17(24-2)19(26-4)18(16)25-3/h13-14H,5-12,15H2,1-4H3. The van der Waals surface area contributed by atoms with Gasteiger partial charge in [0, 0.05) is 0 Å². The maximum atomic E-state index is 12.1. The summed E-state index contributed by atoms with van der Waals surface area (Å²) in [7, 11) is 4.21. The van der Waals surface area contributed by atoms with Gasteiger partial charge in [-0.25, -0.2) is 14.5 Å². The summed E-state index contributed by atoms with van der Waals surface area (Å²) in [5.41, 5.74) is -0.00828. The van der Waals surface area contributed by atoms with Crippen LogP contribution in [0.2, 0.25) is 0 Å². The lowest BCUT2D eigenvalue weighted by Crippen LogP contribution is -2.13. The maximum Gasteiger partial charge on any atom is 0.543 e. The van der Waals surface area contributed by atoms with Crippen LogP contribution in [0.1, 0.15) is 68.6 Å². The number of hydrogen-bond donors (Lipinski definition) is 0. The van der Waals surface area contributed by atoms with E-state index in [9.17, 15) is 9.59 Å². The van der Waals surface area contributed by atoms with Crippen molar-refractivity contribution in [2.75, 3.05) is 27.9 Å². The molecule has 0 aliphatic carbocycles. The van der Waals surface area contributed by atoms with Crippen LogP contribution >= 0.6 is 0 Å². The van der Waals surface area contributed by atoms with Gasteiger partial charge in [0.25, 0.3) is 0 Å². The van der Waals surface area contributed by atoms with Gasteiger partial charge < -0.3 is 18.9 Å². The molecule has 170 valence electrons. The molecular weight excluding hydrogens is 396 g/mol. The lowest BCUT2D eigenvalue weighted by Gasteiger charge is -2.14. The van der Waals surface area contributed by atoms with Crippen molar-refractivity contribution in [1.29, 1.82) is 0 Å². The van der Waals surface area contributed by atoms with Gasteiger partial charge in [0.15, 0.2) is 11.5 Å². The van der Waals surface area contributed by atoms with Crippen molar-refractivity contribution in [3.05, 3.63) is 17.7 Å². The highest BCUT2D eigenvalue weighted by Crippen LogP contribution is 2.39. The van der Waals surface area contributed by atoms with Gasteiger partial charge in [-0.1, -0.05) is 51.9 Å². The molecule has 0 N–H and O–H groups in total. The van der Waals surface area contributed by atoms with Gasteiger partial charge in [-0.15, -0.1) is 0 Å². The first-order valence-electron chi connectivity index (χ1n) is 10.1. The molecule has 0 aliphatic rings. The molecule has 0 spiro atoms. The molecule has 30 heavy (non-hydrogen) atoms. The quantitative estimate of drug-likeness (QED) is 0.165. The van der Waals surface area contributed by atoms with Gasteiger partial charge in [0.1, 0.15) is 5.56 Å². The lowest BCUT2D eigenvalue weighted by atomic mass is 10.1. The minimum absolute atomic E-state index is 0.00828. The second kappa shape index (κ2) is 15.2. The first kappa shape index (κ1) is 25.4. The van der Waals surface area contributed by atoms with Gasteiger partial charge in [-0.3, -0.25) is 4.89 Å². The van der Waals surface area contributed by atoms with E-state index in [-0.39, 0.29) is 23.7 Å². The molecule has 9 nitrogen and oxygen atoms in total. The Kier molecular flexibility index (Phi) is 12.8. The SMILES string of the molecule is CCCCCCCCCCOC(=O)OOOC(=O)c1ccc(OC)c(OC)c1OC. The molecule has 1 rings (SSSR count). The van der Waals surface area contributed by atoms with Gasteiger partial charge >= 0.3 is 12.1 Å². The Bertz CT molecular complexity index is 646. The zero-order valence-electron chi connectivity index (χ0n) is 18.2.